The molecule has 0 bridgehead atoms. The Morgan fingerprint density at radius 2 is 1.87 bits per heavy atom. The highest BCUT2D eigenvalue weighted by Crippen LogP contribution is 2.35. The van der Waals surface area contributed by atoms with E-state index in [0.717, 1.165) is 54.1 Å². The Hall–Kier alpha value is -2.32. The molecule has 1 aliphatic heterocycles. The van der Waals surface area contributed by atoms with E-state index in [1.165, 1.54) is 17.4 Å². The molecule has 7 heteroatoms. The second-order valence-electron chi connectivity index (χ2n) is 8.64. The molecule has 1 aliphatic rings. The molecule has 4 rings (SSSR count). The molecule has 31 heavy (non-hydrogen) atoms. The zero-order valence-corrected chi connectivity index (χ0v) is 19.0. The van der Waals surface area contributed by atoms with Gasteiger partial charge in [0.1, 0.15) is 11.6 Å². The van der Waals surface area contributed by atoms with E-state index in [2.05, 4.69) is 28.2 Å². The minimum absolute atomic E-state index is 0.333. The predicted octanol–water partition coefficient (Wildman–Crippen LogP) is 4.67. The van der Waals surface area contributed by atoms with Gasteiger partial charge < -0.3 is 15.3 Å². The topological polar surface area (TPSA) is 51.6 Å². The van der Waals surface area contributed by atoms with E-state index in [0.29, 0.717) is 11.1 Å². The molecule has 0 radical (unpaired) electrons. The summed E-state index contributed by atoms with van der Waals surface area (Å²) in [6.45, 7) is 8.44. The number of rotatable bonds is 6. The van der Waals surface area contributed by atoms with Crippen LogP contribution in [0.4, 0.5) is 15.2 Å². The molecule has 3 heterocycles. The zero-order chi connectivity index (χ0) is 22.0. The number of likely N-dealkylation sites (N-methyl/N-ethyl adjacent to an activating group) is 1. The van der Waals surface area contributed by atoms with Gasteiger partial charge in [-0.05, 0) is 56.8 Å². The number of aliphatic hydroxyl groups is 1. The monoisotopic (exact) mass is 440 g/mol. The Morgan fingerprint density at radius 1 is 1.10 bits per heavy atom. The number of hydrogen-bond donors (Lipinski definition) is 2. The summed E-state index contributed by atoms with van der Waals surface area (Å²) in [6.07, 6.45) is 0. The highest BCUT2D eigenvalue weighted by Gasteiger charge is 2.19. The molecule has 0 aliphatic carbocycles. The molecule has 1 fully saturated rings. The van der Waals surface area contributed by atoms with Crippen LogP contribution in [0.15, 0.2) is 48.5 Å². The standard InChI is InChI=1S/C24H29FN4OS/c1-24(2,30)17-7-8-19(20(25)15-17)21-9-10-23(31-21)27-22-6-4-5-18(26-22)16-29-13-11-28(3)12-14-29/h4-10,15,30H,11-14,16H2,1-3H3,(H,26,27). The van der Waals surface area contributed by atoms with Gasteiger partial charge in [0.05, 0.1) is 16.3 Å². The third kappa shape index (κ3) is 5.49. The molecule has 0 spiro atoms. The molecular formula is C24H29FN4OS. The Bertz CT molecular complexity index is 1040. The lowest BCUT2D eigenvalue weighted by Gasteiger charge is -2.32. The van der Waals surface area contributed by atoms with Crippen LogP contribution in [0.5, 0.6) is 0 Å². The van der Waals surface area contributed by atoms with Crippen LogP contribution in [0.2, 0.25) is 0 Å². The highest BCUT2D eigenvalue weighted by molar-refractivity contribution is 7.19. The highest BCUT2D eigenvalue weighted by atomic mass is 32.1. The summed E-state index contributed by atoms with van der Waals surface area (Å²) in [5, 5.41) is 14.4. The van der Waals surface area contributed by atoms with Crippen LogP contribution in [-0.4, -0.2) is 53.1 Å². The van der Waals surface area contributed by atoms with Gasteiger partial charge in [-0.25, -0.2) is 9.37 Å². The van der Waals surface area contributed by atoms with Gasteiger partial charge in [0, 0.05) is 43.2 Å². The van der Waals surface area contributed by atoms with Crippen molar-refractivity contribution in [2.45, 2.75) is 26.0 Å². The molecule has 0 amide bonds. The fourth-order valence-corrected chi connectivity index (χ4v) is 4.58. The van der Waals surface area contributed by atoms with E-state index in [9.17, 15) is 9.50 Å². The van der Waals surface area contributed by atoms with Crippen molar-refractivity contribution >= 4 is 22.2 Å². The number of piperazine rings is 1. The van der Waals surface area contributed by atoms with Gasteiger partial charge in [0.15, 0.2) is 0 Å². The lowest BCUT2D eigenvalue weighted by atomic mass is 9.97. The number of halogens is 1. The van der Waals surface area contributed by atoms with Crippen molar-refractivity contribution < 1.29 is 9.50 Å². The summed E-state index contributed by atoms with van der Waals surface area (Å²) >= 11 is 1.48. The summed E-state index contributed by atoms with van der Waals surface area (Å²) in [7, 11) is 2.16. The predicted molar refractivity (Wildman–Crippen MR) is 125 cm³/mol. The Kier molecular flexibility index (Phi) is 6.39. The molecule has 0 atom stereocenters. The van der Waals surface area contributed by atoms with Gasteiger partial charge in [0.2, 0.25) is 0 Å². The third-order valence-corrected chi connectivity index (χ3v) is 6.62. The average molecular weight is 441 g/mol. The maximum atomic E-state index is 14.7. The second kappa shape index (κ2) is 9.04. The summed E-state index contributed by atoms with van der Waals surface area (Å²) in [6, 6.07) is 14.8. The molecule has 0 unspecified atom stereocenters. The summed E-state index contributed by atoms with van der Waals surface area (Å²) in [5.41, 5.74) is 1.06. The van der Waals surface area contributed by atoms with Gasteiger partial charge >= 0.3 is 0 Å². The van der Waals surface area contributed by atoms with Crippen LogP contribution < -0.4 is 5.32 Å². The molecule has 1 saturated heterocycles. The minimum atomic E-state index is -1.07. The van der Waals surface area contributed by atoms with Crippen LogP contribution in [0.3, 0.4) is 0 Å². The number of nitrogens with zero attached hydrogens (tertiary/aromatic N) is 3. The van der Waals surface area contributed by atoms with E-state index < -0.39 is 5.60 Å². The van der Waals surface area contributed by atoms with Crippen LogP contribution in [0.25, 0.3) is 10.4 Å². The number of pyridine rings is 1. The maximum absolute atomic E-state index is 14.7. The normalized spacial score (nSPS) is 15.9. The van der Waals surface area contributed by atoms with Crippen molar-refractivity contribution in [3.05, 3.63) is 65.6 Å². The lowest BCUT2D eigenvalue weighted by Crippen LogP contribution is -2.44. The van der Waals surface area contributed by atoms with E-state index in [1.807, 2.05) is 24.3 Å². The number of aromatic nitrogens is 1. The fourth-order valence-electron chi connectivity index (χ4n) is 3.64. The quantitative estimate of drug-likeness (QED) is 0.584. The SMILES string of the molecule is CN1CCN(Cc2cccc(Nc3ccc(-c4ccc(C(C)(C)O)cc4F)s3)n2)CC1. The van der Waals surface area contributed by atoms with E-state index in [4.69, 9.17) is 4.98 Å². The number of benzene rings is 1. The summed E-state index contributed by atoms with van der Waals surface area (Å²) in [5.74, 6) is 0.457. The van der Waals surface area contributed by atoms with Crippen molar-refractivity contribution in [2.24, 2.45) is 0 Å². The fraction of sp³-hybridized carbons (Fsp3) is 0.375. The van der Waals surface area contributed by atoms with E-state index in [-0.39, 0.29) is 5.82 Å². The number of anilines is 2. The molecule has 2 N–H and O–H groups in total. The number of thiophene rings is 1. The first kappa shape index (κ1) is 21.9. The van der Waals surface area contributed by atoms with Gasteiger partial charge in [-0.2, -0.15) is 0 Å². The first-order valence-corrected chi connectivity index (χ1v) is 11.4. The summed E-state index contributed by atoms with van der Waals surface area (Å²) < 4.78 is 14.7. The largest absolute Gasteiger partial charge is 0.386 e. The van der Waals surface area contributed by atoms with Gasteiger partial charge in [-0.15, -0.1) is 11.3 Å². The molecule has 5 nitrogen and oxygen atoms in total. The van der Waals surface area contributed by atoms with Gasteiger partial charge in [-0.1, -0.05) is 18.2 Å². The third-order valence-electron chi connectivity index (χ3n) is 5.59. The maximum Gasteiger partial charge on any atom is 0.132 e. The number of hydrogen-bond acceptors (Lipinski definition) is 6. The van der Waals surface area contributed by atoms with Crippen molar-refractivity contribution in [1.82, 2.24) is 14.8 Å². The Balaban J connectivity index is 1.45. The smallest absolute Gasteiger partial charge is 0.132 e. The average Bonchev–Trinajstić information content (AvgIpc) is 3.17. The Morgan fingerprint density at radius 3 is 2.58 bits per heavy atom. The minimum Gasteiger partial charge on any atom is -0.386 e. The molecule has 0 saturated carbocycles. The van der Waals surface area contributed by atoms with Gasteiger partial charge in [0.25, 0.3) is 0 Å². The van der Waals surface area contributed by atoms with Crippen molar-refractivity contribution in [1.29, 1.82) is 0 Å². The molecule has 1 aromatic carbocycles. The molecular weight excluding hydrogens is 411 g/mol. The van der Waals surface area contributed by atoms with E-state index >= 15 is 0 Å². The van der Waals surface area contributed by atoms with Crippen LogP contribution in [-0.2, 0) is 12.1 Å². The first-order valence-electron chi connectivity index (χ1n) is 10.5. The van der Waals surface area contributed by atoms with Crippen molar-refractivity contribution in [3.63, 3.8) is 0 Å². The Labute approximate surface area is 187 Å². The van der Waals surface area contributed by atoms with Crippen molar-refractivity contribution in [3.8, 4) is 10.4 Å². The van der Waals surface area contributed by atoms with E-state index in [1.54, 1.807) is 26.0 Å². The summed E-state index contributed by atoms with van der Waals surface area (Å²) in [4.78, 5) is 10.4. The molecule has 3 aromatic rings. The second-order valence-corrected chi connectivity index (χ2v) is 9.72. The molecule has 164 valence electrons. The van der Waals surface area contributed by atoms with Crippen LogP contribution in [0.1, 0.15) is 25.1 Å². The first-order chi connectivity index (χ1) is 14.8. The van der Waals surface area contributed by atoms with Gasteiger partial charge in [-0.3, -0.25) is 4.90 Å². The molecule has 2 aromatic heterocycles. The zero-order valence-electron chi connectivity index (χ0n) is 18.2. The van der Waals surface area contributed by atoms with Crippen LogP contribution >= 0.6 is 11.3 Å². The number of nitrogens with one attached hydrogen (secondary N) is 1. The lowest BCUT2D eigenvalue weighted by molar-refractivity contribution is 0.0782. The van der Waals surface area contributed by atoms with Crippen LogP contribution in [0, 0.1) is 5.82 Å². The van der Waals surface area contributed by atoms with Crippen molar-refractivity contribution in [2.75, 3.05) is 38.5 Å².